The first-order valence-corrected chi connectivity index (χ1v) is 8.28. The third-order valence-corrected chi connectivity index (χ3v) is 4.08. The molecule has 0 spiro atoms. The number of rotatable bonds is 7. The van der Waals surface area contributed by atoms with E-state index in [1.165, 1.54) is 19.1 Å². The topological polar surface area (TPSA) is 97.0 Å². The van der Waals surface area contributed by atoms with E-state index in [1.54, 1.807) is 23.5 Å². The fourth-order valence-electron chi connectivity index (χ4n) is 2.70. The number of ether oxygens (including phenoxy) is 2. The Hall–Kier alpha value is -2.98. The van der Waals surface area contributed by atoms with Crippen molar-refractivity contribution in [1.82, 2.24) is 10.6 Å². The van der Waals surface area contributed by atoms with Crippen LogP contribution < -0.4 is 25.0 Å². The molecule has 11 heteroatoms. The summed E-state index contributed by atoms with van der Waals surface area (Å²) in [5, 5.41) is 3.91. The Kier molecular flexibility index (Phi) is 6.71. The third-order valence-electron chi connectivity index (χ3n) is 4.08. The van der Waals surface area contributed by atoms with Crippen molar-refractivity contribution >= 4 is 23.4 Å². The SMILES string of the molecule is COc1ccc(N2CC(C(=O)NCC(=O)NCC(F)(F)F)CC2=O)cc1OC. The van der Waals surface area contributed by atoms with Gasteiger partial charge in [-0.05, 0) is 12.1 Å². The fourth-order valence-corrected chi connectivity index (χ4v) is 2.70. The molecular formula is C17H20F3N3O5. The lowest BCUT2D eigenvalue weighted by atomic mass is 10.1. The minimum Gasteiger partial charge on any atom is -0.493 e. The molecule has 2 N–H and O–H groups in total. The molecule has 1 fully saturated rings. The van der Waals surface area contributed by atoms with Gasteiger partial charge in [0.2, 0.25) is 17.7 Å². The van der Waals surface area contributed by atoms with Gasteiger partial charge in [-0.15, -0.1) is 0 Å². The van der Waals surface area contributed by atoms with Gasteiger partial charge in [0.1, 0.15) is 6.54 Å². The summed E-state index contributed by atoms with van der Waals surface area (Å²) in [6.07, 6.45) is -4.61. The molecule has 28 heavy (non-hydrogen) atoms. The number of halogens is 3. The molecule has 2 rings (SSSR count). The second-order valence-electron chi connectivity index (χ2n) is 6.05. The first-order valence-electron chi connectivity index (χ1n) is 8.28. The summed E-state index contributed by atoms with van der Waals surface area (Å²) in [5.41, 5.74) is 0.515. The van der Waals surface area contributed by atoms with Crippen LogP contribution in [0.15, 0.2) is 18.2 Å². The lowest BCUT2D eigenvalue weighted by Gasteiger charge is -2.18. The van der Waals surface area contributed by atoms with Crippen LogP contribution in [0.25, 0.3) is 0 Å². The van der Waals surface area contributed by atoms with E-state index in [1.807, 2.05) is 0 Å². The number of amides is 3. The Morgan fingerprint density at radius 2 is 1.86 bits per heavy atom. The summed E-state index contributed by atoms with van der Waals surface area (Å²) < 4.78 is 46.5. The highest BCUT2D eigenvalue weighted by Gasteiger charge is 2.35. The van der Waals surface area contributed by atoms with Crippen molar-refractivity contribution in [2.24, 2.45) is 5.92 Å². The molecule has 1 aliphatic rings. The first-order chi connectivity index (χ1) is 13.1. The number of nitrogens with one attached hydrogen (secondary N) is 2. The van der Waals surface area contributed by atoms with Crippen molar-refractivity contribution in [1.29, 1.82) is 0 Å². The average molecular weight is 403 g/mol. The van der Waals surface area contributed by atoms with E-state index < -0.39 is 37.0 Å². The van der Waals surface area contributed by atoms with E-state index in [0.717, 1.165) is 0 Å². The molecule has 1 unspecified atom stereocenters. The Morgan fingerprint density at radius 1 is 1.18 bits per heavy atom. The maximum atomic E-state index is 12.3. The summed E-state index contributed by atoms with van der Waals surface area (Å²) in [4.78, 5) is 37.2. The van der Waals surface area contributed by atoms with E-state index >= 15 is 0 Å². The minimum atomic E-state index is -4.53. The smallest absolute Gasteiger partial charge is 0.405 e. The molecular weight excluding hydrogens is 383 g/mol. The summed E-state index contributed by atoms with van der Waals surface area (Å²) in [5.74, 6) is -1.67. The van der Waals surface area contributed by atoms with Gasteiger partial charge in [-0.2, -0.15) is 13.2 Å². The Morgan fingerprint density at radius 3 is 2.46 bits per heavy atom. The number of nitrogens with zero attached hydrogens (tertiary/aromatic N) is 1. The lowest BCUT2D eigenvalue weighted by molar-refractivity contribution is -0.138. The van der Waals surface area contributed by atoms with E-state index in [9.17, 15) is 27.6 Å². The van der Waals surface area contributed by atoms with Gasteiger partial charge < -0.3 is 25.0 Å². The highest BCUT2D eigenvalue weighted by Crippen LogP contribution is 2.34. The molecule has 0 aromatic heterocycles. The summed E-state index contributed by atoms with van der Waals surface area (Å²) in [6.45, 7) is -2.00. The lowest BCUT2D eigenvalue weighted by Crippen LogP contribution is -2.42. The third kappa shape index (κ3) is 5.51. The molecule has 1 aliphatic heterocycles. The average Bonchev–Trinajstić information content (AvgIpc) is 3.05. The largest absolute Gasteiger partial charge is 0.493 e. The number of hydrogen-bond acceptors (Lipinski definition) is 5. The molecule has 1 aromatic carbocycles. The molecule has 1 saturated heterocycles. The Balaban J connectivity index is 1.93. The minimum absolute atomic E-state index is 0.0737. The van der Waals surface area contributed by atoms with Gasteiger partial charge in [-0.3, -0.25) is 14.4 Å². The molecule has 1 atom stereocenters. The molecule has 0 saturated carbocycles. The molecule has 1 heterocycles. The molecule has 0 bridgehead atoms. The van der Waals surface area contributed by atoms with Gasteiger partial charge in [0.05, 0.1) is 26.7 Å². The van der Waals surface area contributed by atoms with Crippen LogP contribution in [0.2, 0.25) is 0 Å². The molecule has 0 radical (unpaired) electrons. The highest BCUT2D eigenvalue weighted by atomic mass is 19.4. The van der Waals surface area contributed by atoms with E-state index in [0.29, 0.717) is 17.2 Å². The summed E-state index contributed by atoms with van der Waals surface area (Å²) >= 11 is 0. The number of alkyl halides is 3. The van der Waals surface area contributed by atoms with Crippen molar-refractivity contribution in [3.05, 3.63) is 18.2 Å². The zero-order valence-corrected chi connectivity index (χ0v) is 15.3. The van der Waals surface area contributed by atoms with Gasteiger partial charge in [0.25, 0.3) is 0 Å². The standard InChI is InChI=1S/C17H20F3N3O5/c1-27-12-4-3-11(6-13(12)28-2)23-8-10(5-15(23)25)16(26)21-7-14(24)22-9-17(18,19)20/h3-4,6,10H,5,7-9H2,1-2H3,(H,21,26)(H,22,24). The highest BCUT2D eigenvalue weighted by molar-refractivity contribution is 6.01. The van der Waals surface area contributed by atoms with Crippen LogP contribution in [-0.4, -0.2) is 57.8 Å². The second kappa shape index (κ2) is 8.81. The number of carbonyl (C=O) groups is 3. The van der Waals surface area contributed by atoms with Gasteiger partial charge in [0.15, 0.2) is 11.5 Å². The number of benzene rings is 1. The monoisotopic (exact) mass is 403 g/mol. The van der Waals surface area contributed by atoms with Crippen molar-refractivity contribution < 1.29 is 37.0 Å². The molecule has 3 amide bonds. The molecule has 0 aliphatic carbocycles. The van der Waals surface area contributed by atoms with Crippen LogP contribution in [0, 0.1) is 5.92 Å². The van der Waals surface area contributed by atoms with E-state index in [2.05, 4.69) is 5.32 Å². The number of hydrogen-bond donors (Lipinski definition) is 2. The van der Waals surface area contributed by atoms with Gasteiger partial charge in [0, 0.05) is 24.7 Å². The van der Waals surface area contributed by atoms with Gasteiger partial charge in [-0.25, -0.2) is 0 Å². The summed E-state index contributed by atoms with van der Waals surface area (Å²) in [6, 6.07) is 4.87. The molecule has 1 aromatic rings. The van der Waals surface area contributed by atoms with E-state index in [-0.39, 0.29) is 18.9 Å². The number of anilines is 1. The first kappa shape index (κ1) is 21.3. The van der Waals surface area contributed by atoms with Gasteiger partial charge >= 0.3 is 6.18 Å². The maximum absolute atomic E-state index is 12.3. The number of methoxy groups -OCH3 is 2. The van der Waals surface area contributed by atoms with E-state index in [4.69, 9.17) is 9.47 Å². The predicted molar refractivity (Wildman–Crippen MR) is 92.1 cm³/mol. The van der Waals surface area contributed by atoms with Crippen LogP contribution in [0.5, 0.6) is 11.5 Å². The van der Waals surface area contributed by atoms with Crippen LogP contribution in [0.1, 0.15) is 6.42 Å². The van der Waals surface area contributed by atoms with Crippen molar-refractivity contribution in [2.45, 2.75) is 12.6 Å². The van der Waals surface area contributed by atoms with Crippen molar-refractivity contribution in [2.75, 3.05) is 38.8 Å². The second-order valence-corrected chi connectivity index (χ2v) is 6.05. The predicted octanol–water partition coefficient (Wildman–Crippen LogP) is 0.851. The van der Waals surface area contributed by atoms with Crippen LogP contribution >= 0.6 is 0 Å². The fraction of sp³-hybridized carbons (Fsp3) is 0.471. The molecule has 154 valence electrons. The maximum Gasteiger partial charge on any atom is 0.405 e. The van der Waals surface area contributed by atoms with Crippen molar-refractivity contribution in [3.63, 3.8) is 0 Å². The Labute approximate surface area is 159 Å². The normalized spacial score (nSPS) is 16.7. The zero-order valence-electron chi connectivity index (χ0n) is 15.3. The number of carbonyl (C=O) groups excluding carboxylic acids is 3. The van der Waals surface area contributed by atoms with Crippen LogP contribution in [0.3, 0.4) is 0 Å². The quantitative estimate of drug-likeness (QED) is 0.704. The van der Waals surface area contributed by atoms with Crippen molar-refractivity contribution in [3.8, 4) is 11.5 Å². The summed E-state index contributed by atoms with van der Waals surface area (Å²) in [7, 11) is 2.93. The van der Waals surface area contributed by atoms with Gasteiger partial charge in [-0.1, -0.05) is 0 Å². The van der Waals surface area contributed by atoms with Crippen LogP contribution in [-0.2, 0) is 14.4 Å². The molecule has 8 nitrogen and oxygen atoms in total. The zero-order chi connectivity index (χ0) is 20.9. The van der Waals surface area contributed by atoms with Crippen LogP contribution in [0.4, 0.5) is 18.9 Å². The Bertz CT molecular complexity index is 754.